The third-order valence-corrected chi connectivity index (χ3v) is 3.57. The van der Waals surface area contributed by atoms with Gasteiger partial charge in [-0.25, -0.2) is 0 Å². The molecule has 2 rings (SSSR count). The molecule has 1 fully saturated rings. The van der Waals surface area contributed by atoms with E-state index in [2.05, 4.69) is 11.9 Å². The molecule has 5 heteroatoms. The summed E-state index contributed by atoms with van der Waals surface area (Å²) in [6.07, 6.45) is 0. The molecule has 1 aliphatic rings. The van der Waals surface area contributed by atoms with Gasteiger partial charge in [0.1, 0.15) is 11.8 Å². The van der Waals surface area contributed by atoms with E-state index < -0.39 is 12.0 Å². The van der Waals surface area contributed by atoms with Crippen LogP contribution in [0.3, 0.4) is 0 Å². The van der Waals surface area contributed by atoms with Crippen LogP contribution in [0, 0.1) is 0 Å². The fourth-order valence-corrected chi connectivity index (χ4v) is 2.38. The van der Waals surface area contributed by atoms with Crippen molar-refractivity contribution < 1.29 is 14.6 Å². The molecule has 0 radical (unpaired) electrons. The van der Waals surface area contributed by atoms with E-state index in [1.807, 2.05) is 17.0 Å². The Morgan fingerprint density at radius 3 is 2.26 bits per heavy atom. The van der Waals surface area contributed by atoms with Crippen molar-refractivity contribution in [2.45, 2.75) is 6.04 Å². The summed E-state index contributed by atoms with van der Waals surface area (Å²) in [4.78, 5) is 15.8. The molecule has 19 heavy (non-hydrogen) atoms. The molecule has 1 saturated heterocycles. The Labute approximate surface area is 113 Å². The van der Waals surface area contributed by atoms with Crippen LogP contribution in [-0.4, -0.2) is 61.2 Å². The first-order valence-electron chi connectivity index (χ1n) is 6.41. The van der Waals surface area contributed by atoms with E-state index in [9.17, 15) is 9.90 Å². The minimum atomic E-state index is -0.797. The molecular weight excluding hydrogens is 244 g/mol. The molecule has 1 aromatic carbocycles. The minimum absolute atomic E-state index is 0.570. The summed E-state index contributed by atoms with van der Waals surface area (Å²) < 4.78 is 5.10. The Hall–Kier alpha value is -1.59. The second-order valence-corrected chi connectivity index (χ2v) is 4.85. The molecule has 5 nitrogen and oxygen atoms in total. The van der Waals surface area contributed by atoms with Gasteiger partial charge in [0, 0.05) is 26.2 Å². The fourth-order valence-electron chi connectivity index (χ4n) is 2.38. The normalized spacial score (nSPS) is 19.1. The van der Waals surface area contributed by atoms with Crippen LogP contribution in [0.25, 0.3) is 0 Å². The number of hydrogen-bond donors (Lipinski definition) is 1. The van der Waals surface area contributed by atoms with Gasteiger partial charge in [0.25, 0.3) is 0 Å². The van der Waals surface area contributed by atoms with Crippen molar-refractivity contribution in [3.8, 4) is 5.75 Å². The maximum atomic E-state index is 11.5. The van der Waals surface area contributed by atoms with Crippen LogP contribution in [-0.2, 0) is 4.79 Å². The lowest BCUT2D eigenvalue weighted by molar-refractivity contribution is -0.144. The standard InChI is InChI=1S/C14H20N2O3/c1-15-7-9-16(10-8-15)13(14(17)18)11-3-5-12(19-2)6-4-11/h3-6,13H,7-10H2,1-2H3,(H,17,18). The van der Waals surface area contributed by atoms with Gasteiger partial charge in [0.05, 0.1) is 7.11 Å². The Bertz CT molecular complexity index is 425. The van der Waals surface area contributed by atoms with Gasteiger partial charge in [0.15, 0.2) is 0 Å². The number of likely N-dealkylation sites (N-methyl/N-ethyl adjacent to an activating group) is 1. The first-order valence-corrected chi connectivity index (χ1v) is 6.41. The highest BCUT2D eigenvalue weighted by molar-refractivity contribution is 5.75. The van der Waals surface area contributed by atoms with Crippen molar-refractivity contribution in [3.05, 3.63) is 29.8 Å². The first kappa shape index (κ1) is 13.8. The fraction of sp³-hybridized carbons (Fsp3) is 0.500. The van der Waals surface area contributed by atoms with Gasteiger partial charge < -0.3 is 14.7 Å². The smallest absolute Gasteiger partial charge is 0.325 e. The van der Waals surface area contributed by atoms with Crippen LogP contribution < -0.4 is 4.74 Å². The van der Waals surface area contributed by atoms with E-state index in [4.69, 9.17) is 4.74 Å². The molecule has 1 aromatic rings. The van der Waals surface area contributed by atoms with Crippen LogP contribution in [0.2, 0.25) is 0 Å². The molecule has 0 aliphatic carbocycles. The first-order chi connectivity index (χ1) is 9.11. The minimum Gasteiger partial charge on any atom is -0.497 e. The van der Waals surface area contributed by atoms with E-state index in [1.165, 1.54) is 0 Å². The molecule has 104 valence electrons. The number of benzene rings is 1. The predicted octanol–water partition coefficient (Wildman–Crippen LogP) is 1.07. The van der Waals surface area contributed by atoms with Crippen molar-refractivity contribution in [1.82, 2.24) is 9.80 Å². The van der Waals surface area contributed by atoms with Crippen LogP contribution in [0.5, 0.6) is 5.75 Å². The SMILES string of the molecule is COc1ccc(C(C(=O)O)N2CCN(C)CC2)cc1. The van der Waals surface area contributed by atoms with Gasteiger partial charge in [-0.3, -0.25) is 9.69 Å². The number of ether oxygens (including phenoxy) is 1. The topological polar surface area (TPSA) is 53.0 Å². The van der Waals surface area contributed by atoms with Crippen molar-refractivity contribution in [2.75, 3.05) is 40.3 Å². The lowest BCUT2D eigenvalue weighted by Crippen LogP contribution is -2.47. The molecule has 0 bridgehead atoms. The lowest BCUT2D eigenvalue weighted by Gasteiger charge is -2.36. The molecule has 1 atom stereocenters. The summed E-state index contributed by atoms with van der Waals surface area (Å²) in [5, 5.41) is 9.48. The molecule has 0 aromatic heterocycles. The average molecular weight is 264 g/mol. The van der Waals surface area contributed by atoms with Gasteiger partial charge in [-0.05, 0) is 24.7 Å². The maximum Gasteiger partial charge on any atom is 0.325 e. The Morgan fingerprint density at radius 1 is 1.21 bits per heavy atom. The van der Waals surface area contributed by atoms with Crippen molar-refractivity contribution >= 4 is 5.97 Å². The molecule has 1 unspecified atom stereocenters. The molecular formula is C14H20N2O3. The number of hydrogen-bond acceptors (Lipinski definition) is 4. The number of carbonyl (C=O) groups is 1. The summed E-state index contributed by atoms with van der Waals surface area (Å²) in [5.41, 5.74) is 0.804. The Kier molecular flexibility index (Phi) is 4.39. The van der Waals surface area contributed by atoms with Gasteiger partial charge in [-0.1, -0.05) is 12.1 Å². The molecule has 0 spiro atoms. The number of nitrogens with zero attached hydrogens (tertiary/aromatic N) is 2. The van der Waals surface area contributed by atoms with Crippen LogP contribution in [0.1, 0.15) is 11.6 Å². The zero-order valence-electron chi connectivity index (χ0n) is 11.4. The van der Waals surface area contributed by atoms with Crippen LogP contribution >= 0.6 is 0 Å². The zero-order chi connectivity index (χ0) is 13.8. The van der Waals surface area contributed by atoms with Gasteiger partial charge in [-0.15, -0.1) is 0 Å². The maximum absolute atomic E-state index is 11.5. The van der Waals surface area contributed by atoms with Crippen molar-refractivity contribution in [1.29, 1.82) is 0 Å². The number of rotatable bonds is 4. The van der Waals surface area contributed by atoms with E-state index >= 15 is 0 Å². The summed E-state index contributed by atoms with van der Waals surface area (Å²) in [6.45, 7) is 3.36. The molecule has 1 aliphatic heterocycles. The predicted molar refractivity (Wildman–Crippen MR) is 72.4 cm³/mol. The lowest BCUT2D eigenvalue weighted by atomic mass is 10.0. The molecule has 0 saturated carbocycles. The number of carboxylic acid groups (broad SMARTS) is 1. The third-order valence-electron chi connectivity index (χ3n) is 3.57. The quantitative estimate of drug-likeness (QED) is 0.881. The summed E-state index contributed by atoms with van der Waals surface area (Å²) in [7, 11) is 3.66. The highest BCUT2D eigenvalue weighted by Gasteiger charge is 2.29. The largest absolute Gasteiger partial charge is 0.497 e. The van der Waals surface area contributed by atoms with Gasteiger partial charge in [-0.2, -0.15) is 0 Å². The van der Waals surface area contributed by atoms with E-state index in [0.717, 1.165) is 37.5 Å². The summed E-state index contributed by atoms with van der Waals surface area (Å²) in [5.74, 6) is -0.0546. The highest BCUT2D eigenvalue weighted by atomic mass is 16.5. The van der Waals surface area contributed by atoms with E-state index in [0.29, 0.717) is 0 Å². The van der Waals surface area contributed by atoms with E-state index in [-0.39, 0.29) is 0 Å². The zero-order valence-corrected chi connectivity index (χ0v) is 11.4. The molecule has 0 amide bonds. The molecule has 1 heterocycles. The second kappa shape index (κ2) is 6.04. The number of aliphatic carboxylic acids is 1. The van der Waals surface area contributed by atoms with Crippen molar-refractivity contribution in [2.24, 2.45) is 0 Å². The highest BCUT2D eigenvalue weighted by Crippen LogP contribution is 2.24. The monoisotopic (exact) mass is 264 g/mol. The number of methoxy groups -OCH3 is 1. The van der Waals surface area contributed by atoms with Gasteiger partial charge in [0.2, 0.25) is 0 Å². The van der Waals surface area contributed by atoms with Crippen molar-refractivity contribution in [3.63, 3.8) is 0 Å². The Morgan fingerprint density at radius 2 is 1.79 bits per heavy atom. The second-order valence-electron chi connectivity index (χ2n) is 4.85. The summed E-state index contributed by atoms with van der Waals surface area (Å²) in [6, 6.07) is 6.70. The number of carboxylic acids is 1. The molecule has 1 N–H and O–H groups in total. The average Bonchev–Trinajstić information content (AvgIpc) is 2.42. The van der Waals surface area contributed by atoms with E-state index in [1.54, 1.807) is 19.2 Å². The van der Waals surface area contributed by atoms with Crippen LogP contribution in [0.15, 0.2) is 24.3 Å². The van der Waals surface area contributed by atoms with Gasteiger partial charge >= 0.3 is 5.97 Å². The van der Waals surface area contributed by atoms with Crippen LogP contribution in [0.4, 0.5) is 0 Å². The Balaban J connectivity index is 2.17. The number of piperazine rings is 1. The third kappa shape index (κ3) is 3.24. The summed E-state index contributed by atoms with van der Waals surface area (Å²) >= 11 is 0.